The lowest BCUT2D eigenvalue weighted by Crippen LogP contribution is -2.50. The Labute approximate surface area is 264 Å². The van der Waals surface area contributed by atoms with Gasteiger partial charge in [-0.05, 0) is 62.3 Å². The molecular weight excluding hydrogens is 599 g/mol. The number of hydrogen-bond acceptors (Lipinski definition) is 8. The Balaban J connectivity index is 1.23. The topological polar surface area (TPSA) is 142 Å². The highest BCUT2D eigenvalue weighted by Gasteiger charge is 2.37. The number of hydrogen-bond donors (Lipinski definition) is 2. The third kappa shape index (κ3) is 7.21. The Morgan fingerprint density at radius 3 is 2.67 bits per heavy atom. The molecule has 238 valence electrons. The molecule has 2 saturated heterocycles. The third-order valence-electron chi connectivity index (χ3n) is 8.89. The number of nitrogens with zero attached hydrogens (tertiary/aromatic N) is 6. The van der Waals surface area contributed by atoms with Gasteiger partial charge in [0.05, 0.1) is 28.3 Å². The van der Waals surface area contributed by atoms with Crippen LogP contribution in [0.2, 0.25) is 0 Å². The molecule has 12 nitrogen and oxygen atoms in total. The highest BCUT2D eigenvalue weighted by molar-refractivity contribution is 7.13. The predicted molar refractivity (Wildman–Crippen MR) is 163 cm³/mol. The summed E-state index contributed by atoms with van der Waals surface area (Å²) in [6.07, 6.45) is 5.20. The van der Waals surface area contributed by atoms with Crippen LogP contribution in [-0.2, 0) is 27.2 Å². The molecule has 2 fully saturated rings. The van der Waals surface area contributed by atoms with Gasteiger partial charge in [-0.2, -0.15) is 0 Å². The fourth-order valence-electron chi connectivity index (χ4n) is 6.42. The fourth-order valence-corrected chi connectivity index (χ4v) is 7.46. The fraction of sp³-hybridized carbons (Fsp3) is 0.516. The Kier molecular flexibility index (Phi) is 9.19. The molecule has 45 heavy (non-hydrogen) atoms. The third-order valence-corrected chi connectivity index (χ3v) is 10.1. The van der Waals surface area contributed by atoms with Crippen LogP contribution in [0.25, 0.3) is 5.69 Å². The number of benzene rings is 1. The van der Waals surface area contributed by atoms with E-state index in [9.17, 15) is 23.6 Å². The van der Waals surface area contributed by atoms with Crippen LogP contribution in [0, 0.1) is 24.6 Å². The number of aromatic nitrogens is 4. The van der Waals surface area contributed by atoms with Crippen molar-refractivity contribution in [2.75, 3.05) is 32.7 Å². The zero-order valence-corrected chi connectivity index (χ0v) is 26.0. The van der Waals surface area contributed by atoms with Crippen molar-refractivity contribution in [1.29, 1.82) is 0 Å². The summed E-state index contributed by atoms with van der Waals surface area (Å²) in [5, 5.41) is 14.9. The zero-order valence-electron chi connectivity index (χ0n) is 25.2. The summed E-state index contributed by atoms with van der Waals surface area (Å²) in [6, 6.07) is 4.86. The zero-order chi connectivity index (χ0) is 31.5. The van der Waals surface area contributed by atoms with Gasteiger partial charge in [0, 0.05) is 58.4 Å². The summed E-state index contributed by atoms with van der Waals surface area (Å²) in [5.41, 5.74) is 1.73. The average molecular weight is 637 g/mol. The van der Waals surface area contributed by atoms with Crippen LogP contribution in [0.15, 0.2) is 30.5 Å². The number of carbonyl (C=O) groups is 4. The molecule has 6 rings (SSSR count). The number of thiazole rings is 1. The number of likely N-dealkylation sites (tertiary alicyclic amines) is 1. The maximum Gasteiger partial charge on any atom is 0.265 e. The van der Waals surface area contributed by atoms with Crippen LogP contribution in [0.5, 0.6) is 0 Å². The van der Waals surface area contributed by atoms with Crippen molar-refractivity contribution in [3.8, 4) is 5.69 Å². The minimum Gasteiger partial charge on any atom is -0.354 e. The molecule has 0 unspecified atom stereocenters. The lowest BCUT2D eigenvalue weighted by Gasteiger charge is -2.38. The molecule has 3 atom stereocenters. The molecule has 2 aromatic heterocycles. The van der Waals surface area contributed by atoms with Crippen LogP contribution in [0.4, 0.5) is 4.39 Å². The van der Waals surface area contributed by atoms with Gasteiger partial charge in [-0.1, -0.05) is 5.21 Å². The van der Waals surface area contributed by atoms with E-state index < -0.39 is 6.04 Å². The van der Waals surface area contributed by atoms with E-state index >= 15 is 0 Å². The van der Waals surface area contributed by atoms with E-state index in [0.717, 1.165) is 30.9 Å². The summed E-state index contributed by atoms with van der Waals surface area (Å²) in [6.45, 7) is 4.47. The van der Waals surface area contributed by atoms with Gasteiger partial charge in [-0.15, -0.1) is 16.4 Å². The lowest BCUT2D eigenvalue weighted by atomic mass is 9.80. The SMILES string of the molecule is Cc1nc2sc1C(=O)N1CC[C@@H](CC(=O)N3CCCC3)[C@@H](CC(=O)N[C@H](Cc3cn(-c4ccc(F)cc4)nn3)C(=O)NCC2)C1. The van der Waals surface area contributed by atoms with Crippen molar-refractivity contribution in [2.45, 2.75) is 57.9 Å². The van der Waals surface area contributed by atoms with E-state index in [4.69, 9.17) is 0 Å². The quantitative estimate of drug-likeness (QED) is 0.437. The number of aryl methyl sites for hydroxylation is 1. The first kappa shape index (κ1) is 30.8. The number of rotatable bonds is 5. The number of carbonyl (C=O) groups excluding carboxylic acids is 4. The Bertz CT molecular complexity index is 1570. The molecule has 4 bridgehead atoms. The molecule has 4 amide bonds. The van der Waals surface area contributed by atoms with E-state index in [0.29, 0.717) is 54.3 Å². The molecule has 3 aromatic rings. The predicted octanol–water partition coefficient (Wildman–Crippen LogP) is 2.05. The van der Waals surface area contributed by atoms with Gasteiger partial charge >= 0.3 is 0 Å². The minimum absolute atomic E-state index is 0.0652. The minimum atomic E-state index is -0.930. The average Bonchev–Trinajstić information content (AvgIpc) is 3.79. The summed E-state index contributed by atoms with van der Waals surface area (Å²) >= 11 is 1.34. The highest BCUT2D eigenvalue weighted by atomic mass is 32.1. The van der Waals surface area contributed by atoms with E-state index in [1.165, 1.54) is 28.2 Å². The number of halogens is 1. The maximum atomic E-state index is 13.6. The summed E-state index contributed by atoms with van der Waals surface area (Å²) in [4.78, 5) is 62.6. The first-order valence-electron chi connectivity index (χ1n) is 15.5. The first-order valence-corrected chi connectivity index (χ1v) is 16.3. The van der Waals surface area contributed by atoms with Crippen molar-refractivity contribution in [3.63, 3.8) is 0 Å². The monoisotopic (exact) mass is 636 g/mol. The van der Waals surface area contributed by atoms with Crippen LogP contribution in [0.1, 0.15) is 58.2 Å². The number of piperidine rings is 1. The van der Waals surface area contributed by atoms with Gasteiger partial charge < -0.3 is 20.4 Å². The molecule has 3 aliphatic rings. The number of amides is 4. The van der Waals surface area contributed by atoms with Crippen LogP contribution in [-0.4, -0.2) is 92.2 Å². The van der Waals surface area contributed by atoms with E-state index in [1.807, 2.05) is 11.8 Å². The van der Waals surface area contributed by atoms with E-state index in [1.54, 1.807) is 23.2 Å². The molecule has 0 saturated carbocycles. The summed E-state index contributed by atoms with van der Waals surface area (Å²) in [7, 11) is 0. The van der Waals surface area contributed by atoms with Crippen molar-refractivity contribution in [3.05, 3.63) is 57.6 Å². The Hall–Kier alpha value is -4.20. The van der Waals surface area contributed by atoms with Crippen molar-refractivity contribution >= 4 is 35.0 Å². The lowest BCUT2D eigenvalue weighted by molar-refractivity contribution is -0.133. The van der Waals surface area contributed by atoms with Gasteiger partial charge in [0.1, 0.15) is 16.7 Å². The van der Waals surface area contributed by atoms with Gasteiger partial charge in [0.25, 0.3) is 5.91 Å². The summed E-state index contributed by atoms with van der Waals surface area (Å²) < 4.78 is 14.9. The molecule has 14 heteroatoms. The number of nitrogens with one attached hydrogen (secondary N) is 2. The first-order chi connectivity index (χ1) is 21.7. The smallest absolute Gasteiger partial charge is 0.265 e. The van der Waals surface area contributed by atoms with Crippen LogP contribution >= 0.6 is 11.3 Å². The summed E-state index contributed by atoms with van der Waals surface area (Å²) in [5.74, 6) is -1.40. The maximum absolute atomic E-state index is 13.6. The normalized spacial score (nSPS) is 22.9. The van der Waals surface area contributed by atoms with Gasteiger partial charge in [0.2, 0.25) is 17.7 Å². The molecule has 1 aromatic carbocycles. The second-order valence-corrected chi connectivity index (χ2v) is 13.2. The number of fused-ring (bicyclic) bond motifs is 4. The molecule has 0 aliphatic carbocycles. The largest absolute Gasteiger partial charge is 0.354 e. The van der Waals surface area contributed by atoms with Crippen LogP contribution in [0.3, 0.4) is 0 Å². The van der Waals surface area contributed by atoms with Crippen LogP contribution < -0.4 is 10.6 Å². The standard InChI is InChI=1S/C31H37FN8O4S/c1-19-29-31(44)39-13-9-20(15-28(42)38-11-2-3-12-38)21(17-39)14-26(41)35-25(30(43)33-10-8-27(34-19)45-29)16-23-18-40(37-36-23)24-6-4-22(32)5-7-24/h4-7,18,20-21,25H,2-3,8-17H2,1H3,(H,33,43)(H,35,41)/t20-,21-,25+/m0/s1. The molecule has 3 aliphatic heterocycles. The Morgan fingerprint density at radius 1 is 1.11 bits per heavy atom. The molecule has 0 spiro atoms. The molecule has 2 N–H and O–H groups in total. The van der Waals surface area contributed by atoms with Gasteiger partial charge in [0.15, 0.2) is 0 Å². The van der Waals surface area contributed by atoms with Crippen molar-refractivity contribution in [1.82, 2.24) is 40.4 Å². The second-order valence-electron chi connectivity index (χ2n) is 12.1. The van der Waals surface area contributed by atoms with Gasteiger partial charge in [-0.25, -0.2) is 14.1 Å². The molecule has 5 heterocycles. The van der Waals surface area contributed by atoms with Gasteiger partial charge in [-0.3, -0.25) is 19.2 Å². The second kappa shape index (κ2) is 13.4. The molecule has 0 radical (unpaired) electrons. The van der Waals surface area contributed by atoms with Crippen molar-refractivity contribution in [2.24, 2.45) is 11.8 Å². The van der Waals surface area contributed by atoms with Crippen molar-refractivity contribution < 1.29 is 23.6 Å². The van der Waals surface area contributed by atoms with E-state index in [2.05, 4.69) is 25.9 Å². The van der Waals surface area contributed by atoms with E-state index in [-0.39, 0.29) is 60.7 Å². The molecular formula is C31H37FN8O4S. The Morgan fingerprint density at radius 2 is 1.89 bits per heavy atom. The highest BCUT2D eigenvalue weighted by Crippen LogP contribution is 2.32.